The largest absolute Gasteiger partial charge is 0.488 e. The van der Waals surface area contributed by atoms with Crippen molar-refractivity contribution in [2.24, 2.45) is 4.99 Å². The van der Waals surface area contributed by atoms with E-state index in [1.54, 1.807) is 4.90 Å². The second kappa shape index (κ2) is 10.6. The molecule has 0 N–H and O–H groups in total. The van der Waals surface area contributed by atoms with Crippen LogP contribution in [0.1, 0.15) is 24.5 Å². The van der Waals surface area contributed by atoms with E-state index in [-0.39, 0.29) is 5.91 Å². The molecular formula is C30H26N2O2S. The maximum absolute atomic E-state index is 13.4. The molecule has 1 aliphatic rings. The molecule has 0 saturated carbocycles. The number of nitrogens with zero attached hydrogens (tertiary/aromatic N) is 2. The number of hydrogen-bond donors (Lipinski definition) is 0. The Balaban J connectivity index is 1.54. The Hall–Kier alpha value is -3.83. The summed E-state index contributed by atoms with van der Waals surface area (Å²) in [5.74, 6) is 0.734. The zero-order valence-electron chi connectivity index (χ0n) is 19.6. The highest BCUT2D eigenvalue weighted by Gasteiger charge is 2.33. The van der Waals surface area contributed by atoms with Crippen LogP contribution in [-0.2, 0) is 11.4 Å². The summed E-state index contributed by atoms with van der Waals surface area (Å²) in [6.07, 6.45) is 2.82. The second-order valence-electron chi connectivity index (χ2n) is 8.27. The molecule has 174 valence electrons. The molecule has 0 spiro atoms. The summed E-state index contributed by atoms with van der Waals surface area (Å²) in [4.78, 5) is 20.6. The molecule has 35 heavy (non-hydrogen) atoms. The van der Waals surface area contributed by atoms with Gasteiger partial charge in [0, 0.05) is 12.1 Å². The van der Waals surface area contributed by atoms with Crippen molar-refractivity contribution in [3.05, 3.63) is 113 Å². The van der Waals surface area contributed by atoms with Gasteiger partial charge in [-0.15, -0.1) is 0 Å². The quantitative estimate of drug-likeness (QED) is 0.259. The van der Waals surface area contributed by atoms with E-state index in [1.165, 1.54) is 11.8 Å². The Kier molecular flexibility index (Phi) is 6.96. The van der Waals surface area contributed by atoms with Crippen LogP contribution in [0.25, 0.3) is 16.8 Å². The van der Waals surface area contributed by atoms with Gasteiger partial charge in [-0.2, -0.15) is 0 Å². The number of thioether (sulfide) groups is 1. The van der Waals surface area contributed by atoms with Crippen molar-refractivity contribution in [1.29, 1.82) is 0 Å². The topological polar surface area (TPSA) is 41.9 Å². The van der Waals surface area contributed by atoms with Crippen molar-refractivity contribution in [2.75, 3.05) is 6.54 Å². The van der Waals surface area contributed by atoms with Crippen LogP contribution in [0.2, 0.25) is 0 Å². The molecule has 4 aromatic carbocycles. The molecule has 0 radical (unpaired) electrons. The van der Waals surface area contributed by atoms with Crippen LogP contribution in [0.5, 0.6) is 5.75 Å². The number of carbonyl (C=O) groups is 1. The number of aliphatic imine (C=N–C) groups is 1. The predicted molar refractivity (Wildman–Crippen MR) is 146 cm³/mol. The molecule has 1 heterocycles. The van der Waals surface area contributed by atoms with E-state index in [0.29, 0.717) is 23.2 Å². The number of amides is 1. The van der Waals surface area contributed by atoms with Gasteiger partial charge < -0.3 is 4.74 Å². The first-order valence-corrected chi connectivity index (χ1v) is 12.6. The van der Waals surface area contributed by atoms with Gasteiger partial charge in [-0.3, -0.25) is 9.69 Å². The molecule has 5 heteroatoms. The smallest absolute Gasteiger partial charge is 0.266 e. The summed E-state index contributed by atoms with van der Waals surface area (Å²) in [5.41, 5.74) is 2.84. The molecule has 1 amide bonds. The third kappa shape index (κ3) is 5.15. The number of ether oxygens (including phenoxy) is 1. The summed E-state index contributed by atoms with van der Waals surface area (Å²) in [6, 6.07) is 32.1. The number of benzene rings is 4. The zero-order valence-corrected chi connectivity index (χ0v) is 20.4. The normalized spacial score (nSPS) is 15.9. The van der Waals surface area contributed by atoms with Gasteiger partial charge in [-0.05, 0) is 58.8 Å². The Morgan fingerprint density at radius 1 is 0.886 bits per heavy atom. The van der Waals surface area contributed by atoms with Gasteiger partial charge in [0.2, 0.25) is 0 Å². The van der Waals surface area contributed by atoms with Crippen LogP contribution in [0.3, 0.4) is 0 Å². The van der Waals surface area contributed by atoms with Crippen LogP contribution in [-0.4, -0.2) is 22.5 Å². The standard InChI is InChI=1S/C30H26N2O2S/c1-2-19-32-29(33)28(35-30(32)31-24-14-7-4-8-15-24)20-26-25-16-10-9-13-23(25)17-18-27(26)34-21-22-11-5-3-6-12-22/h3-18,20H,2,19,21H2,1H3/b28-20+,31-30?. The Labute approximate surface area is 210 Å². The van der Waals surface area contributed by atoms with E-state index >= 15 is 0 Å². The van der Waals surface area contributed by atoms with Gasteiger partial charge in [0.15, 0.2) is 5.17 Å². The lowest BCUT2D eigenvalue weighted by molar-refractivity contribution is -0.122. The lowest BCUT2D eigenvalue weighted by Crippen LogP contribution is -2.29. The molecular weight excluding hydrogens is 452 g/mol. The number of rotatable bonds is 7. The fourth-order valence-corrected chi connectivity index (χ4v) is 5.05. The van der Waals surface area contributed by atoms with Gasteiger partial charge in [0.05, 0.1) is 10.6 Å². The molecule has 1 fully saturated rings. The van der Waals surface area contributed by atoms with Crippen molar-refractivity contribution in [3.63, 3.8) is 0 Å². The first-order valence-electron chi connectivity index (χ1n) is 11.8. The molecule has 0 atom stereocenters. The summed E-state index contributed by atoms with van der Waals surface area (Å²) >= 11 is 1.42. The van der Waals surface area contributed by atoms with E-state index in [1.807, 2.05) is 84.9 Å². The van der Waals surface area contributed by atoms with Crippen molar-refractivity contribution in [2.45, 2.75) is 20.0 Å². The third-order valence-corrected chi connectivity index (χ3v) is 6.77. The Morgan fingerprint density at radius 3 is 2.37 bits per heavy atom. The van der Waals surface area contributed by atoms with Gasteiger partial charge in [-0.1, -0.05) is 85.8 Å². The van der Waals surface area contributed by atoms with Gasteiger partial charge >= 0.3 is 0 Å². The number of para-hydroxylation sites is 1. The van der Waals surface area contributed by atoms with E-state index < -0.39 is 0 Å². The molecule has 0 unspecified atom stereocenters. The molecule has 4 nitrogen and oxygen atoms in total. The monoisotopic (exact) mass is 478 g/mol. The minimum Gasteiger partial charge on any atom is -0.488 e. The highest BCUT2D eigenvalue weighted by atomic mass is 32.2. The van der Waals surface area contributed by atoms with Crippen molar-refractivity contribution >= 4 is 45.4 Å². The van der Waals surface area contributed by atoms with Crippen LogP contribution in [0.4, 0.5) is 5.69 Å². The number of hydrogen-bond acceptors (Lipinski definition) is 4. The summed E-state index contributed by atoms with van der Waals surface area (Å²) in [7, 11) is 0. The first kappa shape index (κ1) is 22.9. The van der Waals surface area contributed by atoms with Crippen molar-refractivity contribution < 1.29 is 9.53 Å². The average molecular weight is 479 g/mol. The Morgan fingerprint density at radius 2 is 1.60 bits per heavy atom. The summed E-state index contributed by atoms with van der Waals surface area (Å²) in [5, 5.41) is 2.86. The summed E-state index contributed by atoms with van der Waals surface area (Å²) < 4.78 is 6.26. The maximum atomic E-state index is 13.4. The minimum absolute atomic E-state index is 0.0199. The van der Waals surface area contributed by atoms with Crippen LogP contribution in [0.15, 0.2) is 107 Å². The SMILES string of the molecule is CCCN1C(=O)/C(=C\c2c(OCc3ccccc3)ccc3ccccc23)SC1=Nc1ccccc1. The first-order chi connectivity index (χ1) is 17.2. The molecule has 4 aromatic rings. The molecule has 0 aromatic heterocycles. The molecule has 0 aliphatic carbocycles. The van der Waals surface area contributed by atoms with Gasteiger partial charge in [0.25, 0.3) is 5.91 Å². The highest BCUT2D eigenvalue weighted by Crippen LogP contribution is 2.38. The number of carbonyl (C=O) groups excluding carboxylic acids is 1. The third-order valence-electron chi connectivity index (χ3n) is 5.76. The van der Waals surface area contributed by atoms with E-state index in [4.69, 9.17) is 9.73 Å². The Bertz CT molecular complexity index is 1400. The van der Waals surface area contributed by atoms with E-state index in [2.05, 4.69) is 25.1 Å². The second-order valence-corrected chi connectivity index (χ2v) is 9.28. The van der Waals surface area contributed by atoms with Crippen LogP contribution in [0, 0.1) is 0 Å². The molecule has 1 saturated heterocycles. The van der Waals surface area contributed by atoms with Crippen LogP contribution >= 0.6 is 11.8 Å². The number of fused-ring (bicyclic) bond motifs is 1. The van der Waals surface area contributed by atoms with Crippen molar-refractivity contribution in [3.8, 4) is 5.75 Å². The minimum atomic E-state index is -0.0199. The summed E-state index contributed by atoms with van der Waals surface area (Å²) in [6.45, 7) is 3.15. The molecule has 1 aliphatic heterocycles. The van der Waals surface area contributed by atoms with E-state index in [9.17, 15) is 4.79 Å². The average Bonchev–Trinajstić information content (AvgIpc) is 3.18. The molecule has 5 rings (SSSR count). The van der Waals surface area contributed by atoms with Gasteiger partial charge in [-0.25, -0.2) is 4.99 Å². The zero-order chi connectivity index (χ0) is 24.0. The molecule has 0 bridgehead atoms. The lowest BCUT2D eigenvalue weighted by Gasteiger charge is -2.14. The maximum Gasteiger partial charge on any atom is 0.266 e. The van der Waals surface area contributed by atoms with Gasteiger partial charge in [0.1, 0.15) is 12.4 Å². The lowest BCUT2D eigenvalue weighted by atomic mass is 10.0. The van der Waals surface area contributed by atoms with Crippen molar-refractivity contribution in [1.82, 2.24) is 4.90 Å². The van der Waals surface area contributed by atoms with E-state index in [0.717, 1.165) is 39.8 Å². The number of amidine groups is 1. The van der Waals surface area contributed by atoms with Crippen LogP contribution < -0.4 is 4.74 Å². The fraction of sp³-hybridized carbons (Fsp3) is 0.133. The highest BCUT2D eigenvalue weighted by molar-refractivity contribution is 8.18. The fourth-order valence-electron chi connectivity index (χ4n) is 4.04. The predicted octanol–water partition coefficient (Wildman–Crippen LogP) is 7.43.